The number of nitrogens with zero attached hydrogens (tertiary/aromatic N) is 1. The molecule has 30 heavy (non-hydrogen) atoms. The van der Waals surface area contributed by atoms with Gasteiger partial charge in [-0.15, -0.1) is 0 Å². The molecule has 0 aliphatic heterocycles. The minimum absolute atomic E-state index is 0.229. The lowest BCUT2D eigenvalue weighted by Crippen LogP contribution is -2.24. The van der Waals surface area contributed by atoms with Crippen LogP contribution in [0.4, 0.5) is 0 Å². The molecular formula is C22H17Cl3N2O3. The van der Waals surface area contributed by atoms with Crippen LogP contribution in [-0.4, -0.2) is 18.7 Å². The van der Waals surface area contributed by atoms with Gasteiger partial charge >= 0.3 is 0 Å². The smallest absolute Gasteiger partial charge is 0.277 e. The number of hydrazone groups is 1. The van der Waals surface area contributed by atoms with Crippen LogP contribution < -0.4 is 14.9 Å². The van der Waals surface area contributed by atoms with E-state index >= 15 is 0 Å². The van der Waals surface area contributed by atoms with Crippen molar-refractivity contribution in [1.29, 1.82) is 0 Å². The van der Waals surface area contributed by atoms with Gasteiger partial charge in [-0.3, -0.25) is 4.79 Å². The summed E-state index contributed by atoms with van der Waals surface area (Å²) in [6.45, 7) is 0.147. The van der Waals surface area contributed by atoms with Crippen molar-refractivity contribution in [2.45, 2.75) is 6.61 Å². The number of hydrogen-bond donors (Lipinski definition) is 1. The van der Waals surface area contributed by atoms with Gasteiger partial charge in [-0.1, -0.05) is 53.0 Å². The van der Waals surface area contributed by atoms with Gasteiger partial charge in [-0.05, 0) is 54.1 Å². The van der Waals surface area contributed by atoms with E-state index in [0.29, 0.717) is 33.2 Å². The van der Waals surface area contributed by atoms with Crippen LogP contribution >= 0.6 is 34.8 Å². The van der Waals surface area contributed by atoms with Crippen LogP contribution in [0.15, 0.2) is 71.8 Å². The Morgan fingerprint density at radius 1 is 0.933 bits per heavy atom. The first kappa shape index (κ1) is 22.0. The van der Waals surface area contributed by atoms with Crippen LogP contribution in [0.3, 0.4) is 0 Å². The quantitative estimate of drug-likeness (QED) is 0.341. The first-order valence-electron chi connectivity index (χ1n) is 8.87. The Morgan fingerprint density at radius 3 is 2.43 bits per heavy atom. The summed E-state index contributed by atoms with van der Waals surface area (Å²) in [7, 11) is 0. The monoisotopic (exact) mass is 462 g/mol. The molecule has 1 N–H and O–H groups in total. The Balaban J connectivity index is 1.44. The number of ether oxygens (including phenoxy) is 2. The van der Waals surface area contributed by atoms with Crippen LogP contribution in [0.5, 0.6) is 11.5 Å². The number of hydrogen-bond acceptors (Lipinski definition) is 4. The van der Waals surface area contributed by atoms with E-state index in [-0.39, 0.29) is 6.61 Å². The predicted molar refractivity (Wildman–Crippen MR) is 120 cm³/mol. The Kier molecular flexibility index (Phi) is 7.97. The fraction of sp³-hybridized carbons (Fsp3) is 0.0909. The topological polar surface area (TPSA) is 59.9 Å². The number of rotatable bonds is 8. The summed E-state index contributed by atoms with van der Waals surface area (Å²) in [5.74, 6) is 0.647. The van der Waals surface area contributed by atoms with Crippen LogP contribution in [0.25, 0.3) is 0 Å². The van der Waals surface area contributed by atoms with Crippen molar-refractivity contribution in [2.75, 3.05) is 6.61 Å². The van der Waals surface area contributed by atoms with Gasteiger partial charge in [0.05, 0.1) is 11.2 Å². The van der Waals surface area contributed by atoms with E-state index < -0.39 is 5.91 Å². The van der Waals surface area contributed by atoms with E-state index in [1.807, 2.05) is 48.5 Å². The lowest BCUT2D eigenvalue weighted by Gasteiger charge is -2.08. The molecule has 0 fully saturated rings. The minimum Gasteiger partial charge on any atom is -0.489 e. The second-order valence-electron chi connectivity index (χ2n) is 6.11. The summed E-state index contributed by atoms with van der Waals surface area (Å²) < 4.78 is 11.1. The Hall–Kier alpha value is -2.73. The van der Waals surface area contributed by atoms with Gasteiger partial charge in [0.2, 0.25) is 0 Å². The molecule has 154 valence electrons. The molecule has 0 unspecified atom stereocenters. The highest BCUT2D eigenvalue weighted by atomic mass is 35.5. The summed E-state index contributed by atoms with van der Waals surface area (Å²) in [4.78, 5) is 11.8. The van der Waals surface area contributed by atoms with Gasteiger partial charge in [0, 0.05) is 15.6 Å². The number of nitrogens with one attached hydrogen (secondary N) is 1. The second-order valence-corrected chi connectivity index (χ2v) is 7.36. The first-order valence-corrected chi connectivity index (χ1v) is 10.0. The fourth-order valence-electron chi connectivity index (χ4n) is 2.37. The third-order valence-electron chi connectivity index (χ3n) is 3.89. The summed E-state index contributed by atoms with van der Waals surface area (Å²) >= 11 is 17.9. The summed E-state index contributed by atoms with van der Waals surface area (Å²) in [5.41, 5.74) is 4.10. The average molecular weight is 464 g/mol. The molecule has 3 rings (SSSR count). The lowest BCUT2D eigenvalue weighted by atomic mass is 10.2. The maximum Gasteiger partial charge on any atom is 0.277 e. The molecule has 0 bridgehead atoms. The number of amides is 1. The van der Waals surface area contributed by atoms with Gasteiger partial charge < -0.3 is 9.47 Å². The van der Waals surface area contributed by atoms with Crippen molar-refractivity contribution in [1.82, 2.24) is 5.43 Å². The highest BCUT2D eigenvalue weighted by Crippen LogP contribution is 2.27. The van der Waals surface area contributed by atoms with Crippen molar-refractivity contribution in [3.05, 3.63) is 92.9 Å². The maximum atomic E-state index is 11.8. The van der Waals surface area contributed by atoms with Crippen LogP contribution in [-0.2, 0) is 11.4 Å². The Morgan fingerprint density at radius 2 is 1.70 bits per heavy atom. The number of carbonyl (C=O) groups is 1. The zero-order valence-corrected chi connectivity index (χ0v) is 17.9. The van der Waals surface area contributed by atoms with E-state index in [9.17, 15) is 4.79 Å². The molecule has 0 saturated heterocycles. The summed E-state index contributed by atoms with van der Waals surface area (Å²) in [5, 5.41) is 5.39. The van der Waals surface area contributed by atoms with Crippen LogP contribution in [0.2, 0.25) is 15.1 Å². The van der Waals surface area contributed by atoms with Gasteiger partial charge in [-0.2, -0.15) is 5.10 Å². The van der Waals surface area contributed by atoms with E-state index in [0.717, 1.165) is 11.1 Å². The maximum absolute atomic E-state index is 11.8. The van der Waals surface area contributed by atoms with Crippen LogP contribution in [0.1, 0.15) is 11.1 Å². The molecule has 0 heterocycles. The van der Waals surface area contributed by atoms with Crippen molar-refractivity contribution in [3.8, 4) is 11.5 Å². The number of carbonyl (C=O) groups excluding carboxylic acids is 1. The van der Waals surface area contributed by atoms with Crippen LogP contribution in [0, 0.1) is 0 Å². The fourth-order valence-corrected chi connectivity index (χ4v) is 3.03. The van der Waals surface area contributed by atoms with Crippen molar-refractivity contribution < 1.29 is 14.3 Å². The standard InChI is InChI=1S/C22H17Cl3N2O3/c23-17-7-10-21(20(25)11-17)30-14-22(28)27-26-12-15-5-8-18(9-6-15)29-13-16-3-1-2-4-19(16)24/h1-12H,13-14H2,(H,27,28)/b26-12+. The molecule has 0 aliphatic carbocycles. The molecule has 0 aliphatic rings. The van der Waals surface area contributed by atoms with Gasteiger partial charge in [0.25, 0.3) is 5.91 Å². The van der Waals surface area contributed by atoms with E-state index in [2.05, 4.69) is 10.5 Å². The molecular weight excluding hydrogens is 447 g/mol. The molecule has 0 atom stereocenters. The number of halogens is 3. The van der Waals surface area contributed by atoms with Gasteiger partial charge in [0.1, 0.15) is 18.1 Å². The molecule has 5 nitrogen and oxygen atoms in total. The van der Waals surface area contributed by atoms with Crippen molar-refractivity contribution in [3.63, 3.8) is 0 Å². The van der Waals surface area contributed by atoms with E-state index in [1.54, 1.807) is 12.1 Å². The number of benzene rings is 3. The molecule has 0 saturated carbocycles. The third kappa shape index (κ3) is 6.66. The van der Waals surface area contributed by atoms with E-state index in [4.69, 9.17) is 44.3 Å². The third-order valence-corrected chi connectivity index (χ3v) is 4.79. The highest BCUT2D eigenvalue weighted by Gasteiger charge is 2.06. The molecule has 3 aromatic rings. The average Bonchev–Trinajstić information content (AvgIpc) is 2.73. The minimum atomic E-state index is -0.419. The van der Waals surface area contributed by atoms with Crippen molar-refractivity contribution in [2.24, 2.45) is 5.10 Å². The van der Waals surface area contributed by atoms with Crippen molar-refractivity contribution >= 4 is 46.9 Å². The molecule has 3 aromatic carbocycles. The predicted octanol–water partition coefficient (Wildman–Crippen LogP) is 5.75. The molecule has 0 aromatic heterocycles. The summed E-state index contributed by atoms with van der Waals surface area (Å²) in [6.07, 6.45) is 1.52. The zero-order chi connectivity index (χ0) is 21.3. The van der Waals surface area contributed by atoms with Gasteiger partial charge in [0.15, 0.2) is 6.61 Å². The zero-order valence-electron chi connectivity index (χ0n) is 15.6. The Bertz CT molecular complexity index is 1040. The summed E-state index contributed by atoms with van der Waals surface area (Å²) in [6, 6.07) is 19.5. The first-order chi connectivity index (χ1) is 14.5. The molecule has 8 heteroatoms. The second kappa shape index (κ2) is 10.9. The molecule has 1 amide bonds. The molecule has 0 spiro atoms. The highest BCUT2D eigenvalue weighted by molar-refractivity contribution is 6.35. The van der Waals surface area contributed by atoms with E-state index in [1.165, 1.54) is 12.3 Å². The molecule has 0 radical (unpaired) electrons. The normalized spacial score (nSPS) is 10.8. The Labute approximate surface area is 189 Å². The SMILES string of the molecule is O=C(COc1ccc(Cl)cc1Cl)N/N=C/c1ccc(OCc2ccccc2Cl)cc1. The lowest BCUT2D eigenvalue weighted by molar-refractivity contribution is -0.123. The van der Waals surface area contributed by atoms with Gasteiger partial charge in [-0.25, -0.2) is 5.43 Å². The largest absolute Gasteiger partial charge is 0.489 e.